The predicted octanol–water partition coefficient (Wildman–Crippen LogP) is 3.62. The minimum Gasteiger partial charge on any atom is -0.337 e. The van der Waals surface area contributed by atoms with E-state index >= 15 is 0 Å². The molecule has 1 aliphatic rings. The Labute approximate surface area is 175 Å². The fraction of sp³-hybridized carbons (Fsp3) is 0.409. The van der Waals surface area contributed by atoms with Gasteiger partial charge in [-0.2, -0.15) is 0 Å². The topological polar surface area (TPSA) is 77.0 Å². The Kier molecular flexibility index (Phi) is 5.76. The van der Waals surface area contributed by atoms with Crippen molar-refractivity contribution in [2.24, 2.45) is 0 Å². The fourth-order valence-electron chi connectivity index (χ4n) is 4.26. The molecule has 0 unspecified atom stereocenters. The highest BCUT2D eigenvalue weighted by atomic mass is 32.2. The number of carbonyl (C=O) groups is 1. The van der Waals surface area contributed by atoms with Crippen LogP contribution in [0.3, 0.4) is 0 Å². The largest absolute Gasteiger partial charge is 0.337 e. The van der Waals surface area contributed by atoms with Crippen LogP contribution in [0.1, 0.15) is 44.5 Å². The smallest absolute Gasteiger partial charge is 0.233 e. The Morgan fingerprint density at radius 3 is 2.62 bits per heavy atom. The van der Waals surface area contributed by atoms with E-state index in [1.54, 1.807) is 0 Å². The Morgan fingerprint density at radius 1 is 1.10 bits per heavy atom. The Bertz CT molecular complexity index is 1000. The summed E-state index contributed by atoms with van der Waals surface area (Å²) < 4.78 is 1.52. The Balaban J connectivity index is 1.45. The molecule has 0 saturated carbocycles. The van der Waals surface area contributed by atoms with Gasteiger partial charge >= 0.3 is 0 Å². The lowest BCUT2D eigenvalue weighted by Gasteiger charge is -2.39. The number of nitrogens with zero attached hydrogens (tertiary/aromatic N) is 4. The SMILES string of the molecule is C[C@@H]1CCC[C@H](C)N1C(=O)CSc1nnc(Cc2cccc3ccccc23)n1N. The summed E-state index contributed by atoms with van der Waals surface area (Å²) in [5.41, 5.74) is 1.16. The first-order valence-electron chi connectivity index (χ1n) is 10.1. The zero-order valence-corrected chi connectivity index (χ0v) is 17.7. The van der Waals surface area contributed by atoms with Crippen LogP contribution in [0, 0.1) is 0 Å². The molecule has 0 radical (unpaired) electrons. The number of amides is 1. The molecule has 1 aliphatic heterocycles. The van der Waals surface area contributed by atoms with Gasteiger partial charge in [0.1, 0.15) is 0 Å². The Morgan fingerprint density at radius 2 is 1.83 bits per heavy atom. The third kappa shape index (κ3) is 4.10. The molecule has 6 nitrogen and oxygen atoms in total. The zero-order chi connectivity index (χ0) is 20.4. The van der Waals surface area contributed by atoms with Crippen LogP contribution in [0.5, 0.6) is 0 Å². The minimum absolute atomic E-state index is 0.147. The van der Waals surface area contributed by atoms with E-state index in [1.807, 2.05) is 23.1 Å². The number of likely N-dealkylation sites (tertiary alicyclic amines) is 1. The summed E-state index contributed by atoms with van der Waals surface area (Å²) in [6.07, 6.45) is 3.93. The molecule has 1 saturated heterocycles. The van der Waals surface area contributed by atoms with Crippen LogP contribution in [0.15, 0.2) is 47.6 Å². The molecule has 1 fully saturated rings. The summed E-state index contributed by atoms with van der Waals surface area (Å²) in [5, 5.41) is 11.5. The lowest BCUT2D eigenvalue weighted by atomic mass is 9.98. The molecule has 2 N–H and O–H groups in total. The quantitative estimate of drug-likeness (QED) is 0.514. The summed E-state index contributed by atoms with van der Waals surface area (Å²) in [5.74, 6) is 7.43. The van der Waals surface area contributed by atoms with Crippen molar-refractivity contribution in [3.63, 3.8) is 0 Å². The maximum Gasteiger partial charge on any atom is 0.233 e. The van der Waals surface area contributed by atoms with Gasteiger partial charge in [0.05, 0.1) is 5.75 Å². The van der Waals surface area contributed by atoms with E-state index in [2.05, 4.69) is 48.3 Å². The first-order chi connectivity index (χ1) is 14.0. The lowest BCUT2D eigenvalue weighted by molar-refractivity contribution is -0.134. The molecule has 0 spiro atoms. The van der Waals surface area contributed by atoms with Crippen LogP contribution in [0.2, 0.25) is 0 Å². The van der Waals surface area contributed by atoms with Gasteiger partial charge in [0.2, 0.25) is 11.1 Å². The molecule has 3 aromatic rings. The minimum atomic E-state index is 0.147. The van der Waals surface area contributed by atoms with E-state index < -0.39 is 0 Å². The highest BCUT2D eigenvalue weighted by Gasteiger charge is 2.29. The number of fused-ring (bicyclic) bond motifs is 1. The van der Waals surface area contributed by atoms with Crippen LogP contribution in [-0.2, 0) is 11.2 Å². The maximum absolute atomic E-state index is 12.8. The van der Waals surface area contributed by atoms with Gasteiger partial charge in [-0.05, 0) is 49.4 Å². The fourth-order valence-corrected chi connectivity index (χ4v) is 5.00. The van der Waals surface area contributed by atoms with Gasteiger partial charge in [0, 0.05) is 18.5 Å². The van der Waals surface area contributed by atoms with Gasteiger partial charge < -0.3 is 10.7 Å². The molecule has 2 heterocycles. The molecule has 0 aliphatic carbocycles. The maximum atomic E-state index is 12.8. The number of hydrogen-bond acceptors (Lipinski definition) is 5. The van der Waals surface area contributed by atoms with E-state index in [4.69, 9.17) is 5.84 Å². The molecule has 2 aromatic carbocycles. The van der Waals surface area contributed by atoms with Crippen molar-refractivity contribution in [2.75, 3.05) is 11.6 Å². The average molecular weight is 410 g/mol. The summed E-state index contributed by atoms with van der Waals surface area (Å²) in [6, 6.07) is 15.1. The second-order valence-electron chi connectivity index (χ2n) is 7.80. The van der Waals surface area contributed by atoms with Crippen molar-refractivity contribution in [2.45, 2.75) is 56.8 Å². The summed E-state index contributed by atoms with van der Waals surface area (Å²) in [4.78, 5) is 14.8. The Hall–Kier alpha value is -2.54. The van der Waals surface area contributed by atoms with Crippen molar-refractivity contribution < 1.29 is 4.79 Å². The molecular formula is C22H27N5OS. The molecule has 1 amide bonds. The number of benzene rings is 2. The first kappa shape index (κ1) is 19.8. The summed E-state index contributed by atoms with van der Waals surface area (Å²) in [7, 11) is 0. The van der Waals surface area contributed by atoms with Crippen LogP contribution in [0.4, 0.5) is 0 Å². The van der Waals surface area contributed by atoms with Crippen molar-refractivity contribution in [1.82, 2.24) is 19.8 Å². The second kappa shape index (κ2) is 8.45. The van der Waals surface area contributed by atoms with Crippen molar-refractivity contribution in [3.05, 3.63) is 53.9 Å². The number of thioether (sulfide) groups is 1. The molecule has 0 bridgehead atoms. The monoisotopic (exact) mass is 409 g/mol. The van der Waals surface area contributed by atoms with E-state index in [-0.39, 0.29) is 5.91 Å². The van der Waals surface area contributed by atoms with Gasteiger partial charge in [-0.15, -0.1) is 10.2 Å². The highest BCUT2D eigenvalue weighted by Crippen LogP contribution is 2.25. The molecule has 152 valence electrons. The van der Waals surface area contributed by atoms with Gasteiger partial charge in [0.15, 0.2) is 5.82 Å². The number of nitrogen functional groups attached to an aromatic ring is 1. The predicted molar refractivity (Wildman–Crippen MR) is 117 cm³/mol. The van der Waals surface area contributed by atoms with Gasteiger partial charge in [-0.1, -0.05) is 54.2 Å². The summed E-state index contributed by atoms with van der Waals surface area (Å²) in [6.45, 7) is 4.26. The van der Waals surface area contributed by atoms with Crippen LogP contribution < -0.4 is 5.84 Å². The van der Waals surface area contributed by atoms with E-state index in [9.17, 15) is 4.79 Å². The van der Waals surface area contributed by atoms with E-state index in [0.717, 1.165) is 18.4 Å². The molecule has 2 atom stereocenters. The number of aromatic nitrogens is 3. The van der Waals surface area contributed by atoms with Crippen molar-refractivity contribution >= 4 is 28.4 Å². The molecule has 29 heavy (non-hydrogen) atoms. The third-order valence-electron chi connectivity index (χ3n) is 5.77. The highest BCUT2D eigenvalue weighted by molar-refractivity contribution is 7.99. The number of nitrogens with two attached hydrogens (primary N) is 1. The average Bonchev–Trinajstić information content (AvgIpc) is 3.06. The van der Waals surface area contributed by atoms with Crippen molar-refractivity contribution in [1.29, 1.82) is 0 Å². The molecule has 1 aromatic heterocycles. The molecule has 4 rings (SSSR count). The normalized spacial score (nSPS) is 19.6. The first-order valence-corrected chi connectivity index (χ1v) is 11.1. The van der Waals surface area contributed by atoms with Gasteiger partial charge in [-0.25, -0.2) is 4.68 Å². The second-order valence-corrected chi connectivity index (χ2v) is 8.74. The number of rotatable bonds is 5. The van der Waals surface area contributed by atoms with Crippen LogP contribution in [0.25, 0.3) is 10.8 Å². The number of piperidine rings is 1. The van der Waals surface area contributed by atoms with Gasteiger partial charge in [-0.3, -0.25) is 4.79 Å². The van der Waals surface area contributed by atoms with Crippen LogP contribution in [-0.4, -0.2) is 43.5 Å². The lowest BCUT2D eigenvalue weighted by Crippen LogP contribution is -2.48. The summed E-state index contributed by atoms with van der Waals surface area (Å²) >= 11 is 1.36. The number of carbonyl (C=O) groups excluding carboxylic acids is 1. The molecular weight excluding hydrogens is 382 g/mol. The van der Waals surface area contributed by atoms with Crippen molar-refractivity contribution in [3.8, 4) is 0 Å². The van der Waals surface area contributed by atoms with Crippen LogP contribution >= 0.6 is 11.8 Å². The standard InChI is InChI=1S/C22H27N5OS/c1-15-7-5-8-16(2)26(15)21(28)14-29-22-25-24-20(27(22)23)13-18-11-6-10-17-9-3-4-12-19(17)18/h3-4,6,9-12,15-16H,5,7-8,13-14,23H2,1-2H3/t15-,16+. The van der Waals surface area contributed by atoms with E-state index in [1.165, 1.54) is 33.6 Å². The third-order valence-corrected chi connectivity index (χ3v) is 6.70. The molecule has 7 heteroatoms. The zero-order valence-electron chi connectivity index (χ0n) is 16.9. The number of hydrogen-bond donors (Lipinski definition) is 1. The van der Waals surface area contributed by atoms with Gasteiger partial charge in [0.25, 0.3) is 0 Å². The van der Waals surface area contributed by atoms with E-state index in [0.29, 0.717) is 35.2 Å².